The molecule has 0 aliphatic heterocycles. The average Bonchev–Trinajstić information content (AvgIpc) is 3.06. The van der Waals surface area contributed by atoms with Gasteiger partial charge < -0.3 is 14.0 Å². The fourth-order valence-electron chi connectivity index (χ4n) is 2.47. The van der Waals surface area contributed by atoms with Gasteiger partial charge in [-0.15, -0.1) is 0 Å². The van der Waals surface area contributed by atoms with Crippen molar-refractivity contribution >= 4 is 0 Å². The molecule has 4 nitrogen and oxygen atoms in total. The number of benzene rings is 2. The van der Waals surface area contributed by atoms with Crippen molar-refractivity contribution in [1.29, 1.82) is 0 Å². The van der Waals surface area contributed by atoms with Gasteiger partial charge in [-0.3, -0.25) is 0 Å². The van der Waals surface area contributed by atoms with Crippen LogP contribution in [0.5, 0.6) is 11.5 Å². The summed E-state index contributed by atoms with van der Waals surface area (Å²) in [5, 5.41) is 0. The number of ether oxygens (including phenoxy) is 2. The van der Waals surface area contributed by atoms with Crippen molar-refractivity contribution in [2.75, 3.05) is 14.2 Å². The number of imidazole rings is 1. The van der Waals surface area contributed by atoms with Crippen molar-refractivity contribution in [3.05, 3.63) is 66.0 Å². The smallest absolute Gasteiger partial charge is 0.201 e. The predicted octanol–water partition coefficient (Wildman–Crippen LogP) is 3.89. The van der Waals surface area contributed by atoms with Crippen molar-refractivity contribution in [1.82, 2.24) is 9.55 Å². The molecule has 0 fully saturated rings. The van der Waals surface area contributed by atoms with E-state index in [9.17, 15) is 8.78 Å². The molecule has 24 heavy (non-hydrogen) atoms. The molecule has 0 bridgehead atoms. The molecule has 3 rings (SSSR count). The largest absolute Gasteiger partial charge is 0.497 e. The van der Waals surface area contributed by atoms with Gasteiger partial charge in [0.05, 0.1) is 19.8 Å². The molecule has 1 heterocycles. The van der Waals surface area contributed by atoms with Crippen molar-refractivity contribution in [3.8, 4) is 22.9 Å². The van der Waals surface area contributed by atoms with E-state index in [1.54, 1.807) is 24.1 Å². The van der Waals surface area contributed by atoms with Crippen molar-refractivity contribution in [2.24, 2.45) is 0 Å². The summed E-state index contributed by atoms with van der Waals surface area (Å²) in [6.07, 6.45) is 3.28. The maximum atomic E-state index is 14.3. The Balaban J connectivity index is 1.94. The van der Waals surface area contributed by atoms with Gasteiger partial charge in [0.15, 0.2) is 11.6 Å². The Morgan fingerprint density at radius 2 is 1.71 bits per heavy atom. The first kappa shape index (κ1) is 16.0. The topological polar surface area (TPSA) is 36.3 Å². The van der Waals surface area contributed by atoms with Crippen LogP contribution in [0, 0.1) is 11.6 Å². The Labute approximate surface area is 138 Å². The first-order valence-electron chi connectivity index (χ1n) is 7.30. The zero-order valence-corrected chi connectivity index (χ0v) is 13.3. The third-order valence-corrected chi connectivity index (χ3v) is 3.74. The highest BCUT2D eigenvalue weighted by molar-refractivity contribution is 5.58. The molecule has 0 radical (unpaired) electrons. The van der Waals surface area contributed by atoms with E-state index >= 15 is 0 Å². The van der Waals surface area contributed by atoms with E-state index in [2.05, 4.69) is 4.98 Å². The van der Waals surface area contributed by atoms with Gasteiger partial charge in [0.1, 0.15) is 11.6 Å². The number of aromatic nitrogens is 2. The van der Waals surface area contributed by atoms with Gasteiger partial charge in [-0.25, -0.2) is 9.37 Å². The van der Waals surface area contributed by atoms with Gasteiger partial charge in [0, 0.05) is 18.9 Å². The van der Waals surface area contributed by atoms with Gasteiger partial charge in [-0.2, -0.15) is 4.39 Å². The molecule has 0 N–H and O–H groups in total. The summed E-state index contributed by atoms with van der Waals surface area (Å²) in [5.74, 6) is -1.02. The number of halogens is 2. The Kier molecular flexibility index (Phi) is 4.46. The molecule has 1 aromatic heterocycles. The Bertz CT molecular complexity index is 845. The summed E-state index contributed by atoms with van der Waals surface area (Å²) >= 11 is 0. The third-order valence-electron chi connectivity index (χ3n) is 3.74. The number of hydrogen-bond donors (Lipinski definition) is 0. The lowest BCUT2D eigenvalue weighted by molar-refractivity contribution is 0.372. The van der Waals surface area contributed by atoms with E-state index in [4.69, 9.17) is 9.47 Å². The van der Waals surface area contributed by atoms with Crippen LogP contribution in [0.15, 0.2) is 48.8 Å². The molecule has 0 saturated carbocycles. The lowest BCUT2D eigenvalue weighted by Gasteiger charge is -2.11. The zero-order chi connectivity index (χ0) is 17.1. The van der Waals surface area contributed by atoms with Gasteiger partial charge in [0.25, 0.3) is 0 Å². The maximum absolute atomic E-state index is 14.3. The molecule has 6 heteroatoms. The standard InChI is InChI=1S/C18H16F2N2O2/c1-23-13-5-3-12(4-6-13)11-22-10-9-21-18(22)14-7-8-15(24-2)17(20)16(14)19/h3-10H,11H2,1-2H3. The van der Waals surface area contributed by atoms with Crippen LogP contribution < -0.4 is 9.47 Å². The highest BCUT2D eigenvalue weighted by Gasteiger charge is 2.18. The number of rotatable bonds is 5. The Hall–Kier alpha value is -2.89. The maximum Gasteiger partial charge on any atom is 0.201 e. The second-order valence-corrected chi connectivity index (χ2v) is 5.17. The van der Waals surface area contributed by atoms with Crippen LogP contribution in [0.4, 0.5) is 8.78 Å². The van der Waals surface area contributed by atoms with Crippen LogP contribution in [0.2, 0.25) is 0 Å². The summed E-state index contributed by atoms with van der Waals surface area (Å²) in [5.41, 5.74) is 1.08. The van der Waals surface area contributed by atoms with Crippen molar-refractivity contribution < 1.29 is 18.3 Å². The van der Waals surface area contributed by atoms with Crippen LogP contribution >= 0.6 is 0 Å². The van der Waals surface area contributed by atoms with Crippen LogP contribution in [0.1, 0.15) is 5.56 Å². The molecular formula is C18H16F2N2O2. The van der Waals surface area contributed by atoms with Crippen LogP contribution in [0.3, 0.4) is 0 Å². The van der Waals surface area contributed by atoms with Crippen LogP contribution in [-0.4, -0.2) is 23.8 Å². The molecule has 3 aromatic rings. The fraction of sp³-hybridized carbons (Fsp3) is 0.167. The molecule has 0 saturated heterocycles. The van der Waals surface area contributed by atoms with E-state index in [0.717, 1.165) is 11.3 Å². The Morgan fingerprint density at radius 1 is 0.958 bits per heavy atom. The van der Waals surface area contributed by atoms with E-state index in [1.165, 1.54) is 19.2 Å². The minimum atomic E-state index is -1.02. The molecule has 2 aromatic carbocycles. The molecular weight excluding hydrogens is 314 g/mol. The summed E-state index contributed by atoms with van der Waals surface area (Å²) in [4.78, 5) is 4.16. The fourth-order valence-corrected chi connectivity index (χ4v) is 2.47. The summed E-state index contributed by atoms with van der Waals surface area (Å²) in [6, 6.07) is 10.4. The van der Waals surface area contributed by atoms with Crippen LogP contribution in [0.25, 0.3) is 11.4 Å². The number of nitrogens with zero attached hydrogens (tertiary/aromatic N) is 2. The van der Waals surface area contributed by atoms with Gasteiger partial charge >= 0.3 is 0 Å². The van der Waals surface area contributed by atoms with Crippen molar-refractivity contribution in [3.63, 3.8) is 0 Å². The third kappa shape index (κ3) is 2.95. The van der Waals surface area contributed by atoms with Gasteiger partial charge in [0.2, 0.25) is 5.82 Å². The average molecular weight is 330 g/mol. The van der Waals surface area contributed by atoms with Crippen LogP contribution in [-0.2, 0) is 6.54 Å². The lowest BCUT2D eigenvalue weighted by Crippen LogP contribution is -2.03. The quantitative estimate of drug-likeness (QED) is 0.712. The van der Waals surface area contributed by atoms with E-state index in [1.807, 2.05) is 24.3 Å². The number of methoxy groups -OCH3 is 2. The van der Waals surface area contributed by atoms with E-state index in [0.29, 0.717) is 12.4 Å². The summed E-state index contributed by atoms with van der Waals surface area (Å²) in [7, 11) is 2.89. The minimum Gasteiger partial charge on any atom is -0.497 e. The van der Waals surface area contributed by atoms with Crippen molar-refractivity contribution in [2.45, 2.75) is 6.54 Å². The summed E-state index contributed by atoms with van der Waals surface area (Å²) < 4.78 is 39.9. The Morgan fingerprint density at radius 3 is 2.38 bits per heavy atom. The molecule has 0 unspecified atom stereocenters. The zero-order valence-electron chi connectivity index (χ0n) is 13.3. The van der Waals surface area contributed by atoms with Gasteiger partial charge in [-0.05, 0) is 29.8 Å². The molecule has 0 amide bonds. The molecule has 0 atom stereocenters. The van der Waals surface area contributed by atoms with E-state index < -0.39 is 11.6 Å². The summed E-state index contributed by atoms with van der Waals surface area (Å²) in [6.45, 7) is 0.479. The monoisotopic (exact) mass is 330 g/mol. The molecule has 0 aliphatic rings. The molecule has 0 spiro atoms. The minimum absolute atomic E-state index is 0.0896. The SMILES string of the molecule is COc1ccc(Cn2ccnc2-c2ccc(OC)c(F)c2F)cc1. The first-order valence-corrected chi connectivity index (χ1v) is 7.30. The predicted molar refractivity (Wildman–Crippen MR) is 86.2 cm³/mol. The van der Waals surface area contributed by atoms with Gasteiger partial charge in [-0.1, -0.05) is 12.1 Å². The first-order chi connectivity index (χ1) is 11.6. The second kappa shape index (κ2) is 6.70. The highest BCUT2D eigenvalue weighted by Crippen LogP contribution is 2.29. The second-order valence-electron chi connectivity index (χ2n) is 5.17. The highest BCUT2D eigenvalue weighted by atomic mass is 19.2. The molecule has 0 aliphatic carbocycles. The lowest BCUT2D eigenvalue weighted by atomic mass is 10.1. The number of hydrogen-bond acceptors (Lipinski definition) is 3. The molecule has 124 valence electrons. The normalized spacial score (nSPS) is 10.7. The van der Waals surface area contributed by atoms with E-state index in [-0.39, 0.29) is 11.3 Å².